The largest absolute Gasteiger partial charge is 0.396 e. The highest BCUT2D eigenvalue weighted by Crippen LogP contribution is 2.21. The van der Waals surface area contributed by atoms with E-state index in [4.69, 9.17) is 5.73 Å². The van der Waals surface area contributed by atoms with Crippen LogP contribution in [0.3, 0.4) is 0 Å². The van der Waals surface area contributed by atoms with Crippen LogP contribution in [0.4, 0.5) is 11.4 Å². The number of nitrogens with one attached hydrogen (secondary N) is 1. The second kappa shape index (κ2) is 5.16. The van der Waals surface area contributed by atoms with Gasteiger partial charge in [0.25, 0.3) is 0 Å². The van der Waals surface area contributed by atoms with E-state index in [1.54, 1.807) is 18.5 Å². The number of nitrogen functional groups attached to an aromatic ring is 1. The fourth-order valence-corrected chi connectivity index (χ4v) is 1.57. The lowest BCUT2D eigenvalue weighted by Crippen LogP contribution is -2.25. The van der Waals surface area contributed by atoms with Crippen LogP contribution in [0.1, 0.15) is 27.2 Å². The van der Waals surface area contributed by atoms with E-state index in [2.05, 4.69) is 31.1 Å². The molecule has 4 nitrogen and oxygen atoms in total. The Balaban J connectivity index is 2.43. The highest BCUT2D eigenvalue weighted by Gasteiger charge is 2.16. The van der Waals surface area contributed by atoms with Gasteiger partial charge in [0.1, 0.15) is 0 Å². The van der Waals surface area contributed by atoms with Gasteiger partial charge in [-0.05, 0) is 17.9 Å². The smallest absolute Gasteiger partial charge is 0.0736 e. The number of nitrogens with zero attached hydrogens (tertiary/aromatic N) is 1. The molecule has 0 radical (unpaired) electrons. The molecule has 0 fully saturated rings. The fraction of sp³-hybridized carbons (Fsp3) is 0.583. The van der Waals surface area contributed by atoms with E-state index in [9.17, 15) is 5.11 Å². The first-order valence-corrected chi connectivity index (χ1v) is 5.50. The third kappa shape index (κ3) is 4.49. The van der Waals surface area contributed by atoms with E-state index in [1.807, 2.05) is 0 Å². The van der Waals surface area contributed by atoms with Gasteiger partial charge in [-0.1, -0.05) is 20.8 Å². The monoisotopic (exact) mass is 223 g/mol. The number of aliphatic hydroxyl groups is 1. The highest BCUT2D eigenvalue weighted by atomic mass is 16.3. The van der Waals surface area contributed by atoms with E-state index >= 15 is 0 Å². The molecular formula is C12H21N3O. The third-order valence-corrected chi connectivity index (χ3v) is 2.23. The fourth-order valence-electron chi connectivity index (χ4n) is 1.57. The molecule has 0 aliphatic heterocycles. The minimum Gasteiger partial charge on any atom is -0.396 e. The number of hydrogen-bond donors (Lipinski definition) is 3. The summed E-state index contributed by atoms with van der Waals surface area (Å²) in [6.07, 6.45) is 3.66. The normalized spacial score (nSPS) is 13.5. The Bertz CT molecular complexity index is 333. The molecular weight excluding hydrogens is 202 g/mol. The average molecular weight is 223 g/mol. The minimum absolute atomic E-state index is 0.130. The van der Waals surface area contributed by atoms with Crippen molar-refractivity contribution in [3.8, 4) is 0 Å². The van der Waals surface area contributed by atoms with Crippen LogP contribution in [-0.4, -0.2) is 22.7 Å². The summed E-state index contributed by atoms with van der Waals surface area (Å²) in [5.74, 6) is 0. The quantitative estimate of drug-likeness (QED) is 0.728. The van der Waals surface area contributed by atoms with Crippen LogP contribution in [0, 0.1) is 5.41 Å². The molecule has 0 bridgehead atoms. The van der Waals surface area contributed by atoms with Gasteiger partial charge < -0.3 is 16.2 Å². The first-order valence-electron chi connectivity index (χ1n) is 5.50. The van der Waals surface area contributed by atoms with Crippen molar-refractivity contribution in [3.05, 3.63) is 18.5 Å². The molecule has 0 spiro atoms. The van der Waals surface area contributed by atoms with Crippen molar-refractivity contribution >= 4 is 11.4 Å². The molecule has 90 valence electrons. The molecule has 0 amide bonds. The second-order valence-corrected chi connectivity index (χ2v) is 5.26. The molecule has 16 heavy (non-hydrogen) atoms. The molecule has 0 aliphatic carbocycles. The predicted molar refractivity (Wildman–Crippen MR) is 67.2 cm³/mol. The third-order valence-electron chi connectivity index (χ3n) is 2.23. The maximum Gasteiger partial charge on any atom is 0.0736 e. The van der Waals surface area contributed by atoms with E-state index < -0.39 is 0 Å². The van der Waals surface area contributed by atoms with E-state index in [0.29, 0.717) is 12.2 Å². The molecule has 1 rings (SSSR count). The maximum absolute atomic E-state index is 9.82. The summed E-state index contributed by atoms with van der Waals surface area (Å²) in [6, 6.07) is 1.80. The highest BCUT2D eigenvalue weighted by molar-refractivity contribution is 5.64. The van der Waals surface area contributed by atoms with Crippen LogP contribution in [0.5, 0.6) is 0 Å². The maximum atomic E-state index is 9.82. The Hall–Kier alpha value is -1.29. The Morgan fingerprint density at radius 3 is 2.75 bits per heavy atom. The van der Waals surface area contributed by atoms with Gasteiger partial charge in [0, 0.05) is 12.7 Å². The summed E-state index contributed by atoms with van der Waals surface area (Å²) < 4.78 is 0. The average Bonchev–Trinajstić information content (AvgIpc) is 2.14. The Morgan fingerprint density at radius 1 is 1.50 bits per heavy atom. The van der Waals surface area contributed by atoms with Crippen LogP contribution in [0.2, 0.25) is 0 Å². The zero-order chi connectivity index (χ0) is 12.2. The molecule has 0 saturated carbocycles. The summed E-state index contributed by atoms with van der Waals surface area (Å²) in [5.41, 5.74) is 7.28. The van der Waals surface area contributed by atoms with Crippen LogP contribution < -0.4 is 11.1 Å². The summed E-state index contributed by atoms with van der Waals surface area (Å²) >= 11 is 0. The van der Waals surface area contributed by atoms with Gasteiger partial charge in [0.2, 0.25) is 0 Å². The van der Waals surface area contributed by atoms with Crippen LogP contribution in [0.15, 0.2) is 18.5 Å². The number of hydrogen-bond acceptors (Lipinski definition) is 4. The summed E-state index contributed by atoms with van der Waals surface area (Å²) in [6.45, 7) is 6.83. The van der Waals surface area contributed by atoms with Crippen molar-refractivity contribution in [2.24, 2.45) is 5.41 Å². The van der Waals surface area contributed by atoms with Crippen molar-refractivity contribution < 1.29 is 5.11 Å². The van der Waals surface area contributed by atoms with Gasteiger partial charge in [-0.15, -0.1) is 0 Å². The van der Waals surface area contributed by atoms with Gasteiger partial charge in [-0.25, -0.2) is 0 Å². The Morgan fingerprint density at radius 2 is 2.19 bits per heavy atom. The molecule has 1 aromatic heterocycles. The second-order valence-electron chi connectivity index (χ2n) is 5.26. The summed E-state index contributed by atoms with van der Waals surface area (Å²) in [4.78, 5) is 3.90. The number of rotatable bonds is 4. The zero-order valence-corrected chi connectivity index (χ0v) is 10.2. The lowest BCUT2D eigenvalue weighted by molar-refractivity contribution is 0.132. The lowest BCUT2D eigenvalue weighted by Gasteiger charge is -2.23. The molecule has 4 N–H and O–H groups in total. The van der Waals surface area contributed by atoms with Gasteiger partial charge in [0.15, 0.2) is 0 Å². The number of pyridine rings is 1. The molecule has 1 aromatic rings. The van der Waals surface area contributed by atoms with Crippen LogP contribution in [-0.2, 0) is 0 Å². The molecule has 1 atom stereocenters. The standard InChI is InChI=1S/C12H21N3O/c1-12(2,3)6-9(16)7-15-11-4-5-14-8-10(11)13/h4-5,8-9,16H,6-7,13H2,1-3H3,(H,14,15). The van der Waals surface area contributed by atoms with E-state index in [-0.39, 0.29) is 11.5 Å². The van der Waals surface area contributed by atoms with Crippen molar-refractivity contribution in [1.29, 1.82) is 0 Å². The molecule has 1 heterocycles. The van der Waals surface area contributed by atoms with Gasteiger partial charge in [0.05, 0.1) is 23.7 Å². The van der Waals surface area contributed by atoms with Gasteiger partial charge >= 0.3 is 0 Å². The topological polar surface area (TPSA) is 71.2 Å². The summed E-state index contributed by atoms with van der Waals surface area (Å²) in [7, 11) is 0. The zero-order valence-electron chi connectivity index (χ0n) is 10.2. The number of aliphatic hydroxyl groups excluding tert-OH is 1. The molecule has 1 unspecified atom stereocenters. The first-order chi connectivity index (χ1) is 7.38. The number of aromatic nitrogens is 1. The molecule has 4 heteroatoms. The number of anilines is 2. The molecule has 0 aromatic carbocycles. The minimum atomic E-state index is -0.368. The Kier molecular flexibility index (Phi) is 4.12. The number of nitrogens with two attached hydrogens (primary N) is 1. The molecule has 0 saturated heterocycles. The Labute approximate surface area is 96.9 Å². The van der Waals surface area contributed by atoms with Crippen molar-refractivity contribution in [2.75, 3.05) is 17.6 Å². The van der Waals surface area contributed by atoms with Crippen LogP contribution >= 0.6 is 0 Å². The van der Waals surface area contributed by atoms with Crippen molar-refractivity contribution in [2.45, 2.75) is 33.3 Å². The lowest BCUT2D eigenvalue weighted by atomic mass is 9.89. The first kappa shape index (κ1) is 12.8. The van der Waals surface area contributed by atoms with E-state index in [1.165, 1.54) is 0 Å². The van der Waals surface area contributed by atoms with Gasteiger partial charge in [-0.2, -0.15) is 0 Å². The van der Waals surface area contributed by atoms with Crippen molar-refractivity contribution in [1.82, 2.24) is 4.98 Å². The summed E-state index contributed by atoms with van der Waals surface area (Å²) in [5, 5.41) is 12.9. The van der Waals surface area contributed by atoms with Crippen molar-refractivity contribution in [3.63, 3.8) is 0 Å². The molecule has 0 aliphatic rings. The van der Waals surface area contributed by atoms with Gasteiger partial charge in [-0.3, -0.25) is 4.98 Å². The van der Waals surface area contributed by atoms with Crippen LogP contribution in [0.25, 0.3) is 0 Å². The van der Waals surface area contributed by atoms with E-state index in [0.717, 1.165) is 12.1 Å². The predicted octanol–water partition coefficient (Wildman–Crippen LogP) is 1.87. The SMILES string of the molecule is CC(C)(C)CC(O)CNc1ccncc1N.